The third-order valence-electron chi connectivity index (χ3n) is 5.42. The summed E-state index contributed by atoms with van der Waals surface area (Å²) in [6.07, 6.45) is 8.46. The zero-order valence-electron chi connectivity index (χ0n) is 15.7. The molecule has 0 heteroatoms. The van der Waals surface area contributed by atoms with E-state index in [1.165, 1.54) is 38.5 Å². The smallest absolute Gasteiger partial charge is 0.0417 e. The summed E-state index contributed by atoms with van der Waals surface area (Å²) in [4.78, 5) is 0. The predicted molar refractivity (Wildman–Crippen MR) is 94.0 cm³/mol. The molecule has 0 spiro atoms. The Labute approximate surface area is 130 Å². The van der Waals surface area contributed by atoms with Crippen LogP contribution in [0.1, 0.15) is 93.9 Å². The maximum atomic E-state index is 2.47. The van der Waals surface area contributed by atoms with Crippen LogP contribution in [-0.2, 0) is 0 Å². The molecule has 20 heavy (non-hydrogen) atoms. The van der Waals surface area contributed by atoms with E-state index in [1.807, 2.05) is 0 Å². The second-order valence-electron chi connectivity index (χ2n) is 8.43. The van der Waals surface area contributed by atoms with E-state index < -0.39 is 0 Å². The largest absolute Gasteiger partial charge is 0.0628 e. The number of hydrogen-bond acceptors (Lipinski definition) is 0. The standard InChI is InChI=1S/C20H42/c1-15(2)9-11-17(5)19(7)13-14-20(8)18(6)12-10-16(3)4/h15-20H,9-14H2,1-8H3. The van der Waals surface area contributed by atoms with Crippen molar-refractivity contribution in [3.63, 3.8) is 0 Å². The lowest BCUT2D eigenvalue weighted by Crippen LogP contribution is -2.14. The molecule has 0 aliphatic heterocycles. The third kappa shape index (κ3) is 9.83. The first kappa shape index (κ1) is 20.0. The summed E-state index contributed by atoms with van der Waals surface area (Å²) < 4.78 is 0. The second kappa shape index (κ2) is 10.7. The van der Waals surface area contributed by atoms with Crippen LogP contribution in [0, 0.1) is 35.5 Å². The molecule has 0 aliphatic carbocycles. The van der Waals surface area contributed by atoms with Gasteiger partial charge in [-0.3, -0.25) is 0 Å². The van der Waals surface area contributed by atoms with Crippen molar-refractivity contribution >= 4 is 0 Å². The van der Waals surface area contributed by atoms with Crippen molar-refractivity contribution in [3.8, 4) is 0 Å². The second-order valence-corrected chi connectivity index (χ2v) is 8.43. The average molecular weight is 283 g/mol. The minimum atomic E-state index is 0.861. The molecule has 0 aromatic heterocycles. The summed E-state index contributed by atoms with van der Waals surface area (Å²) in [7, 11) is 0. The molecule has 0 nitrogen and oxygen atoms in total. The van der Waals surface area contributed by atoms with Gasteiger partial charge in [0.15, 0.2) is 0 Å². The highest BCUT2D eigenvalue weighted by Crippen LogP contribution is 2.29. The van der Waals surface area contributed by atoms with Gasteiger partial charge in [0.1, 0.15) is 0 Å². The Balaban J connectivity index is 3.88. The molecule has 4 atom stereocenters. The van der Waals surface area contributed by atoms with Gasteiger partial charge in [0.05, 0.1) is 0 Å². The highest BCUT2D eigenvalue weighted by Gasteiger charge is 2.17. The van der Waals surface area contributed by atoms with Gasteiger partial charge in [-0.1, -0.05) is 93.9 Å². The third-order valence-corrected chi connectivity index (χ3v) is 5.42. The van der Waals surface area contributed by atoms with Crippen molar-refractivity contribution < 1.29 is 0 Å². The van der Waals surface area contributed by atoms with Gasteiger partial charge < -0.3 is 0 Å². The Kier molecular flexibility index (Phi) is 10.7. The predicted octanol–water partition coefficient (Wildman–Crippen LogP) is 7.18. The van der Waals surface area contributed by atoms with E-state index in [9.17, 15) is 0 Å². The van der Waals surface area contributed by atoms with Gasteiger partial charge in [-0.15, -0.1) is 0 Å². The van der Waals surface area contributed by atoms with Crippen LogP contribution in [0.2, 0.25) is 0 Å². The van der Waals surface area contributed by atoms with Crippen LogP contribution < -0.4 is 0 Å². The highest BCUT2D eigenvalue weighted by atomic mass is 14.2. The first-order chi connectivity index (χ1) is 9.23. The first-order valence-electron chi connectivity index (χ1n) is 9.23. The minimum absolute atomic E-state index is 0.861. The Morgan fingerprint density at radius 2 is 0.550 bits per heavy atom. The van der Waals surface area contributed by atoms with E-state index in [0.717, 1.165) is 35.5 Å². The van der Waals surface area contributed by atoms with Crippen molar-refractivity contribution in [2.75, 3.05) is 0 Å². The molecule has 0 N–H and O–H groups in total. The van der Waals surface area contributed by atoms with Crippen LogP contribution in [0.25, 0.3) is 0 Å². The SMILES string of the molecule is CC(C)CCC(C)C(C)CCC(C)C(C)CCC(C)C. The van der Waals surface area contributed by atoms with E-state index in [0.29, 0.717) is 0 Å². The molecule has 0 amide bonds. The van der Waals surface area contributed by atoms with Crippen LogP contribution >= 0.6 is 0 Å². The molecular formula is C20H42. The van der Waals surface area contributed by atoms with Crippen molar-refractivity contribution in [1.29, 1.82) is 0 Å². The lowest BCUT2D eigenvalue weighted by molar-refractivity contribution is 0.262. The molecule has 4 unspecified atom stereocenters. The van der Waals surface area contributed by atoms with Crippen molar-refractivity contribution in [3.05, 3.63) is 0 Å². The molecule has 0 rings (SSSR count). The molecule has 0 aromatic carbocycles. The van der Waals surface area contributed by atoms with Crippen LogP contribution in [-0.4, -0.2) is 0 Å². The van der Waals surface area contributed by atoms with Gasteiger partial charge in [0.25, 0.3) is 0 Å². The van der Waals surface area contributed by atoms with Crippen LogP contribution in [0.4, 0.5) is 0 Å². The summed E-state index contributed by atoms with van der Waals surface area (Å²) in [5.41, 5.74) is 0. The van der Waals surface area contributed by atoms with Gasteiger partial charge in [0.2, 0.25) is 0 Å². The fourth-order valence-electron chi connectivity index (χ4n) is 2.86. The van der Waals surface area contributed by atoms with E-state index in [4.69, 9.17) is 0 Å². The van der Waals surface area contributed by atoms with Gasteiger partial charge in [-0.2, -0.15) is 0 Å². The zero-order chi connectivity index (χ0) is 15.7. The summed E-state index contributed by atoms with van der Waals surface area (Å²) in [5.74, 6) is 5.31. The van der Waals surface area contributed by atoms with E-state index in [1.54, 1.807) is 0 Å². The average Bonchev–Trinajstić information content (AvgIpc) is 2.38. The molecule has 0 heterocycles. The van der Waals surface area contributed by atoms with Gasteiger partial charge in [-0.05, 0) is 35.5 Å². The normalized spacial score (nSPS) is 18.3. The number of hydrogen-bond donors (Lipinski definition) is 0. The Bertz CT molecular complexity index is 192. The van der Waals surface area contributed by atoms with Gasteiger partial charge in [0, 0.05) is 0 Å². The topological polar surface area (TPSA) is 0 Å². The van der Waals surface area contributed by atoms with Crippen molar-refractivity contribution in [2.24, 2.45) is 35.5 Å². The maximum Gasteiger partial charge on any atom is -0.0417 e. The quantitative estimate of drug-likeness (QED) is 0.376. The lowest BCUT2D eigenvalue weighted by atomic mass is 9.81. The molecule has 0 bridgehead atoms. The van der Waals surface area contributed by atoms with Crippen molar-refractivity contribution in [1.82, 2.24) is 0 Å². The van der Waals surface area contributed by atoms with Crippen molar-refractivity contribution in [2.45, 2.75) is 93.9 Å². The number of rotatable bonds is 11. The molecule has 0 aliphatic rings. The zero-order valence-corrected chi connectivity index (χ0v) is 15.7. The van der Waals surface area contributed by atoms with Crippen LogP contribution in [0.15, 0.2) is 0 Å². The highest BCUT2D eigenvalue weighted by molar-refractivity contribution is 4.68. The van der Waals surface area contributed by atoms with Crippen LogP contribution in [0.5, 0.6) is 0 Å². The molecule has 0 aromatic rings. The molecule has 0 saturated carbocycles. The maximum absolute atomic E-state index is 2.47. The first-order valence-corrected chi connectivity index (χ1v) is 9.23. The lowest BCUT2D eigenvalue weighted by Gasteiger charge is -2.25. The Morgan fingerprint density at radius 3 is 0.750 bits per heavy atom. The fourth-order valence-corrected chi connectivity index (χ4v) is 2.86. The van der Waals surface area contributed by atoms with E-state index in [2.05, 4.69) is 55.4 Å². The van der Waals surface area contributed by atoms with E-state index in [-0.39, 0.29) is 0 Å². The fraction of sp³-hybridized carbons (Fsp3) is 1.00. The summed E-state index contributed by atoms with van der Waals surface area (Å²) in [5, 5.41) is 0. The summed E-state index contributed by atoms with van der Waals surface area (Å²) in [6.45, 7) is 19.2. The summed E-state index contributed by atoms with van der Waals surface area (Å²) >= 11 is 0. The monoisotopic (exact) mass is 282 g/mol. The van der Waals surface area contributed by atoms with Gasteiger partial charge >= 0.3 is 0 Å². The Hall–Kier alpha value is 0. The minimum Gasteiger partial charge on any atom is -0.0628 e. The Morgan fingerprint density at radius 1 is 0.350 bits per heavy atom. The van der Waals surface area contributed by atoms with E-state index >= 15 is 0 Å². The van der Waals surface area contributed by atoms with Crippen LogP contribution in [0.3, 0.4) is 0 Å². The molecule has 0 radical (unpaired) electrons. The molecule has 122 valence electrons. The molecule has 0 saturated heterocycles. The summed E-state index contributed by atoms with van der Waals surface area (Å²) in [6, 6.07) is 0. The molecular weight excluding hydrogens is 240 g/mol. The van der Waals surface area contributed by atoms with Gasteiger partial charge in [-0.25, -0.2) is 0 Å². The molecule has 0 fully saturated rings.